The van der Waals surface area contributed by atoms with Gasteiger partial charge >= 0.3 is 60.8 Å². The normalized spacial score (nSPS) is 7.67. The summed E-state index contributed by atoms with van der Waals surface area (Å²) < 4.78 is 0. The third-order valence-corrected chi connectivity index (χ3v) is 1.03. The van der Waals surface area contributed by atoms with Crippen LogP contribution >= 0.6 is 0 Å². The number of unbranched alkanes of at least 4 members (excludes halogenated alkanes) is 1. The van der Waals surface area contributed by atoms with Crippen molar-refractivity contribution in [1.29, 1.82) is 0 Å². The Balaban J connectivity index is -0.0000000675. The molecule has 0 unspecified atom stereocenters. The average Bonchev–Trinajstić information content (AvgIpc) is 1.79. The third kappa shape index (κ3) is 16.8. The summed E-state index contributed by atoms with van der Waals surface area (Å²) in [6, 6.07) is 0. The van der Waals surface area contributed by atoms with Crippen LogP contribution in [0.4, 0.5) is 0 Å². The van der Waals surface area contributed by atoms with Crippen LogP contribution in [0.2, 0.25) is 0 Å². The minimum absolute atomic E-state index is 0. The first-order chi connectivity index (χ1) is 4.63. The SMILES string of the molecule is O.O=C(O)CCCCC(=O)O.[Ba+2].[H-].[H-]. The zero-order valence-corrected chi connectivity index (χ0v) is 11.2. The van der Waals surface area contributed by atoms with E-state index in [0.29, 0.717) is 12.8 Å². The van der Waals surface area contributed by atoms with Crippen molar-refractivity contribution in [3.8, 4) is 0 Å². The Morgan fingerprint density at radius 3 is 1.42 bits per heavy atom. The quantitative estimate of drug-likeness (QED) is 0.539. The molecule has 0 saturated heterocycles. The van der Waals surface area contributed by atoms with E-state index in [4.69, 9.17) is 10.2 Å². The third-order valence-electron chi connectivity index (χ3n) is 1.03. The second-order valence-electron chi connectivity index (χ2n) is 1.99. The van der Waals surface area contributed by atoms with E-state index in [9.17, 15) is 9.59 Å². The van der Waals surface area contributed by atoms with Crippen molar-refractivity contribution in [2.45, 2.75) is 25.7 Å². The van der Waals surface area contributed by atoms with Crippen LogP contribution in [0, 0.1) is 0 Å². The van der Waals surface area contributed by atoms with E-state index >= 15 is 0 Å². The van der Waals surface area contributed by atoms with E-state index in [-0.39, 0.29) is 70.1 Å². The molecule has 0 aromatic carbocycles. The van der Waals surface area contributed by atoms with E-state index in [1.807, 2.05) is 0 Å². The van der Waals surface area contributed by atoms with Gasteiger partial charge in [-0.1, -0.05) is 0 Å². The molecule has 0 radical (unpaired) electrons. The Kier molecular flexibility index (Phi) is 17.5. The summed E-state index contributed by atoms with van der Waals surface area (Å²) in [5.74, 6) is -1.74. The Labute approximate surface area is 114 Å². The summed E-state index contributed by atoms with van der Waals surface area (Å²) >= 11 is 0. The first-order valence-corrected chi connectivity index (χ1v) is 3.06. The van der Waals surface area contributed by atoms with Crippen molar-refractivity contribution in [2.75, 3.05) is 0 Å². The maximum Gasteiger partial charge on any atom is 2.00 e. The van der Waals surface area contributed by atoms with Crippen LogP contribution in [0.15, 0.2) is 0 Å². The summed E-state index contributed by atoms with van der Waals surface area (Å²) in [4.78, 5) is 19.8. The van der Waals surface area contributed by atoms with Crippen molar-refractivity contribution < 1.29 is 28.1 Å². The molecule has 0 bridgehead atoms. The Morgan fingerprint density at radius 2 is 1.25 bits per heavy atom. The van der Waals surface area contributed by atoms with Crippen LogP contribution < -0.4 is 0 Å². The molecule has 5 nitrogen and oxygen atoms in total. The van der Waals surface area contributed by atoms with Crippen LogP contribution in [0.1, 0.15) is 28.5 Å². The fourth-order valence-corrected chi connectivity index (χ4v) is 0.552. The van der Waals surface area contributed by atoms with E-state index in [0.717, 1.165) is 0 Å². The molecule has 0 aliphatic rings. The number of rotatable bonds is 5. The molecule has 70 valence electrons. The molecule has 0 amide bonds. The molecule has 6 heteroatoms. The van der Waals surface area contributed by atoms with Crippen molar-refractivity contribution in [3.63, 3.8) is 0 Å². The first kappa shape index (κ1) is 18.3. The molecule has 0 aliphatic heterocycles. The summed E-state index contributed by atoms with van der Waals surface area (Å²) in [5, 5.41) is 16.3. The van der Waals surface area contributed by atoms with Gasteiger partial charge in [-0.25, -0.2) is 0 Å². The van der Waals surface area contributed by atoms with Gasteiger partial charge in [0.1, 0.15) is 0 Å². The fourth-order valence-electron chi connectivity index (χ4n) is 0.552. The topological polar surface area (TPSA) is 106 Å². The summed E-state index contributed by atoms with van der Waals surface area (Å²) in [6.45, 7) is 0. The monoisotopic (exact) mass is 304 g/mol. The molecule has 0 atom stereocenters. The molecule has 0 saturated carbocycles. The van der Waals surface area contributed by atoms with E-state index in [1.165, 1.54) is 0 Å². The summed E-state index contributed by atoms with van der Waals surface area (Å²) in [5.41, 5.74) is 0. The zero-order valence-electron chi connectivity index (χ0n) is 8.75. The molecule has 12 heavy (non-hydrogen) atoms. The van der Waals surface area contributed by atoms with E-state index < -0.39 is 11.9 Å². The second-order valence-corrected chi connectivity index (χ2v) is 1.99. The number of carboxylic acid groups (broad SMARTS) is 2. The van der Waals surface area contributed by atoms with Crippen molar-refractivity contribution >= 4 is 60.8 Å². The molecule has 0 fully saturated rings. The van der Waals surface area contributed by atoms with Gasteiger partial charge in [0.05, 0.1) is 0 Å². The number of hydrogen-bond donors (Lipinski definition) is 2. The van der Waals surface area contributed by atoms with Gasteiger partial charge in [0.2, 0.25) is 0 Å². The molecule has 0 heterocycles. The van der Waals surface area contributed by atoms with E-state index in [1.54, 1.807) is 0 Å². The average molecular weight is 304 g/mol. The van der Waals surface area contributed by atoms with Gasteiger partial charge in [-0.2, -0.15) is 0 Å². The first-order valence-electron chi connectivity index (χ1n) is 3.06. The Morgan fingerprint density at radius 1 is 1.00 bits per heavy atom. The van der Waals surface area contributed by atoms with Crippen molar-refractivity contribution in [1.82, 2.24) is 0 Å². The maximum atomic E-state index is 9.90. The van der Waals surface area contributed by atoms with Gasteiger partial charge in [-0.3, -0.25) is 9.59 Å². The van der Waals surface area contributed by atoms with Gasteiger partial charge in [-0.05, 0) is 12.8 Å². The van der Waals surface area contributed by atoms with Crippen LogP contribution in [-0.2, 0) is 9.59 Å². The van der Waals surface area contributed by atoms with E-state index in [2.05, 4.69) is 0 Å². The second kappa shape index (κ2) is 11.5. The van der Waals surface area contributed by atoms with Crippen LogP contribution in [0.5, 0.6) is 0 Å². The molecular weight excluding hydrogens is 289 g/mol. The molecule has 0 aromatic heterocycles. The van der Waals surface area contributed by atoms with Crippen molar-refractivity contribution in [3.05, 3.63) is 0 Å². The van der Waals surface area contributed by atoms with Gasteiger partial charge in [-0.15, -0.1) is 0 Å². The van der Waals surface area contributed by atoms with Gasteiger partial charge in [0, 0.05) is 12.8 Å². The van der Waals surface area contributed by atoms with Crippen LogP contribution in [0.25, 0.3) is 0 Å². The Bertz CT molecular complexity index is 128. The molecular formula is C6H14BaO5. The van der Waals surface area contributed by atoms with Gasteiger partial charge in [0.25, 0.3) is 0 Å². The molecule has 0 aliphatic carbocycles. The van der Waals surface area contributed by atoms with Crippen LogP contribution in [0.3, 0.4) is 0 Å². The predicted molar refractivity (Wildman–Crippen MR) is 45.3 cm³/mol. The molecule has 0 spiro atoms. The fraction of sp³-hybridized carbons (Fsp3) is 0.667. The molecule has 0 aromatic rings. The van der Waals surface area contributed by atoms with Crippen LogP contribution in [-0.4, -0.2) is 76.5 Å². The zero-order chi connectivity index (χ0) is 7.98. The van der Waals surface area contributed by atoms with Gasteiger partial charge < -0.3 is 18.5 Å². The van der Waals surface area contributed by atoms with Crippen molar-refractivity contribution in [2.24, 2.45) is 0 Å². The molecule has 4 N–H and O–H groups in total. The number of hydrogen-bond acceptors (Lipinski definition) is 2. The Hall–Kier alpha value is 0.471. The summed E-state index contributed by atoms with van der Waals surface area (Å²) in [7, 11) is 0. The standard InChI is InChI=1S/C6H10O4.Ba.H2O.2H/c7-5(8)3-1-2-4-6(9)10;;;;/h1-4H2,(H,7,8)(H,9,10);;1H2;;/q;+2;;2*-1. The largest absolute Gasteiger partial charge is 2.00 e. The summed E-state index contributed by atoms with van der Waals surface area (Å²) in [6.07, 6.45) is 1.02. The predicted octanol–water partition coefficient (Wildman–Crippen LogP) is -0.265. The van der Waals surface area contributed by atoms with Gasteiger partial charge in [0.15, 0.2) is 0 Å². The maximum absolute atomic E-state index is 9.90. The number of carboxylic acids is 2. The number of aliphatic carboxylic acids is 2. The number of carbonyl (C=O) groups is 2. The smallest absolute Gasteiger partial charge is 1.00 e. The molecule has 0 rings (SSSR count). The minimum Gasteiger partial charge on any atom is -1.00 e. The minimum atomic E-state index is -0.870.